The molecule has 18 heavy (non-hydrogen) atoms. The maximum atomic E-state index is 5.62. The minimum absolute atomic E-state index is 0.161. The SMILES string of the molecule is Cc1cc(C(C)(C)C)ccc1-c1ccnc(N)n1. The van der Waals surface area contributed by atoms with Gasteiger partial charge in [-0.15, -0.1) is 0 Å². The summed E-state index contributed by atoms with van der Waals surface area (Å²) >= 11 is 0. The Morgan fingerprint density at radius 3 is 2.39 bits per heavy atom. The Bertz CT molecular complexity index is 568. The fourth-order valence-corrected chi connectivity index (χ4v) is 1.94. The maximum Gasteiger partial charge on any atom is 0.220 e. The van der Waals surface area contributed by atoms with Crippen molar-refractivity contribution in [3.63, 3.8) is 0 Å². The van der Waals surface area contributed by atoms with Crippen LogP contribution in [0, 0.1) is 6.92 Å². The highest BCUT2D eigenvalue weighted by atomic mass is 15.0. The van der Waals surface area contributed by atoms with Gasteiger partial charge < -0.3 is 5.73 Å². The summed E-state index contributed by atoms with van der Waals surface area (Å²) in [4.78, 5) is 8.18. The van der Waals surface area contributed by atoms with Gasteiger partial charge in [-0.1, -0.05) is 39.0 Å². The number of benzene rings is 1. The summed E-state index contributed by atoms with van der Waals surface area (Å²) in [6.45, 7) is 8.74. The first-order chi connectivity index (χ1) is 8.38. The van der Waals surface area contributed by atoms with Crippen molar-refractivity contribution in [1.82, 2.24) is 9.97 Å². The number of hydrogen-bond donors (Lipinski definition) is 1. The van der Waals surface area contributed by atoms with Crippen molar-refractivity contribution in [3.8, 4) is 11.3 Å². The third-order valence-corrected chi connectivity index (χ3v) is 3.04. The van der Waals surface area contributed by atoms with E-state index in [1.54, 1.807) is 6.20 Å². The third kappa shape index (κ3) is 2.50. The van der Waals surface area contributed by atoms with E-state index in [0.29, 0.717) is 5.95 Å². The number of aromatic nitrogens is 2. The fourth-order valence-electron chi connectivity index (χ4n) is 1.94. The summed E-state index contributed by atoms with van der Waals surface area (Å²) in [7, 11) is 0. The smallest absolute Gasteiger partial charge is 0.220 e. The van der Waals surface area contributed by atoms with E-state index >= 15 is 0 Å². The zero-order valence-electron chi connectivity index (χ0n) is 11.4. The molecule has 0 saturated heterocycles. The van der Waals surface area contributed by atoms with Crippen LogP contribution in [0.2, 0.25) is 0 Å². The molecule has 0 spiro atoms. The van der Waals surface area contributed by atoms with Crippen LogP contribution < -0.4 is 5.73 Å². The molecule has 2 aromatic rings. The highest BCUT2D eigenvalue weighted by Gasteiger charge is 2.15. The predicted octanol–water partition coefficient (Wildman–Crippen LogP) is 3.33. The molecule has 2 rings (SSSR count). The minimum atomic E-state index is 0.161. The molecule has 0 bridgehead atoms. The molecule has 0 aliphatic heterocycles. The standard InChI is InChI=1S/C15H19N3/c1-10-9-11(15(2,3)4)5-6-12(10)13-7-8-17-14(16)18-13/h5-9H,1-4H3,(H2,16,17,18). The van der Waals surface area contributed by atoms with E-state index in [9.17, 15) is 0 Å². The van der Waals surface area contributed by atoms with Gasteiger partial charge in [0.2, 0.25) is 5.95 Å². The molecular weight excluding hydrogens is 222 g/mol. The van der Waals surface area contributed by atoms with Crippen molar-refractivity contribution in [1.29, 1.82) is 0 Å². The van der Waals surface area contributed by atoms with Crippen molar-refractivity contribution in [2.24, 2.45) is 0 Å². The van der Waals surface area contributed by atoms with Crippen LogP contribution in [0.3, 0.4) is 0 Å². The molecule has 0 saturated carbocycles. The number of nitrogens with zero attached hydrogens (tertiary/aromatic N) is 2. The normalized spacial score (nSPS) is 11.6. The summed E-state index contributed by atoms with van der Waals surface area (Å²) in [5, 5.41) is 0. The lowest BCUT2D eigenvalue weighted by atomic mass is 9.85. The predicted molar refractivity (Wildman–Crippen MR) is 75.3 cm³/mol. The van der Waals surface area contributed by atoms with E-state index in [1.807, 2.05) is 6.07 Å². The molecule has 2 N–H and O–H groups in total. The van der Waals surface area contributed by atoms with E-state index in [4.69, 9.17) is 5.73 Å². The molecule has 0 amide bonds. The second-order valence-corrected chi connectivity index (χ2v) is 5.58. The Balaban J connectivity index is 2.48. The summed E-state index contributed by atoms with van der Waals surface area (Å²) < 4.78 is 0. The lowest BCUT2D eigenvalue weighted by molar-refractivity contribution is 0.590. The van der Waals surface area contributed by atoms with Crippen molar-refractivity contribution in [2.75, 3.05) is 5.73 Å². The highest BCUT2D eigenvalue weighted by Crippen LogP contribution is 2.28. The summed E-state index contributed by atoms with van der Waals surface area (Å²) in [5.41, 5.74) is 10.3. The second-order valence-electron chi connectivity index (χ2n) is 5.58. The molecule has 1 aromatic heterocycles. The molecular formula is C15H19N3. The van der Waals surface area contributed by atoms with Gasteiger partial charge in [-0.3, -0.25) is 0 Å². The molecule has 0 radical (unpaired) electrons. The van der Waals surface area contributed by atoms with Gasteiger partial charge in [0.1, 0.15) is 0 Å². The summed E-state index contributed by atoms with van der Waals surface area (Å²) in [6.07, 6.45) is 1.69. The zero-order valence-corrected chi connectivity index (χ0v) is 11.4. The molecule has 3 nitrogen and oxygen atoms in total. The Kier molecular flexibility index (Phi) is 3.07. The largest absolute Gasteiger partial charge is 0.368 e. The second kappa shape index (κ2) is 4.41. The monoisotopic (exact) mass is 241 g/mol. The van der Waals surface area contributed by atoms with E-state index in [2.05, 4.69) is 55.9 Å². The first kappa shape index (κ1) is 12.6. The van der Waals surface area contributed by atoms with Gasteiger partial charge in [0, 0.05) is 11.8 Å². The van der Waals surface area contributed by atoms with Crippen molar-refractivity contribution in [3.05, 3.63) is 41.6 Å². The minimum Gasteiger partial charge on any atom is -0.368 e. The average molecular weight is 241 g/mol. The Morgan fingerprint density at radius 1 is 1.11 bits per heavy atom. The Labute approximate surface area is 108 Å². The highest BCUT2D eigenvalue weighted by molar-refractivity contribution is 5.64. The van der Waals surface area contributed by atoms with Crippen LogP contribution in [0.25, 0.3) is 11.3 Å². The Morgan fingerprint density at radius 2 is 1.83 bits per heavy atom. The van der Waals surface area contributed by atoms with Gasteiger partial charge >= 0.3 is 0 Å². The molecule has 0 atom stereocenters. The van der Waals surface area contributed by atoms with E-state index in [0.717, 1.165) is 11.3 Å². The van der Waals surface area contributed by atoms with Crippen LogP contribution in [-0.2, 0) is 5.41 Å². The van der Waals surface area contributed by atoms with Gasteiger partial charge in [-0.2, -0.15) is 0 Å². The lowest BCUT2D eigenvalue weighted by Crippen LogP contribution is -2.11. The number of nitrogen functional groups attached to an aromatic ring is 1. The molecule has 1 heterocycles. The molecule has 0 fully saturated rings. The number of anilines is 1. The van der Waals surface area contributed by atoms with Gasteiger partial charge in [0.05, 0.1) is 5.69 Å². The van der Waals surface area contributed by atoms with Gasteiger partial charge in [0.15, 0.2) is 0 Å². The molecule has 1 aromatic carbocycles. The van der Waals surface area contributed by atoms with Crippen molar-refractivity contribution < 1.29 is 0 Å². The van der Waals surface area contributed by atoms with Crippen molar-refractivity contribution in [2.45, 2.75) is 33.1 Å². The maximum absolute atomic E-state index is 5.62. The topological polar surface area (TPSA) is 51.8 Å². The number of hydrogen-bond acceptors (Lipinski definition) is 3. The molecule has 0 aliphatic rings. The number of nitrogens with two attached hydrogens (primary N) is 1. The molecule has 3 heteroatoms. The Hall–Kier alpha value is -1.90. The summed E-state index contributed by atoms with van der Waals surface area (Å²) in [6, 6.07) is 8.36. The third-order valence-electron chi connectivity index (χ3n) is 3.04. The van der Waals surface area contributed by atoms with Gasteiger partial charge in [-0.25, -0.2) is 9.97 Å². The molecule has 0 aliphatic carbocycles. The van der Waals surface area contributed by atoms with Crippen molar-refractivity contribution >= 4 is 5.95 Å². The zero-order chi connectivity index (χ0) is 13.3. The number of rotatable bonds is 1. The van der Waals surface area contributed by atoms with Crippen LogP contribution in [0.15, 0.2) is 30.5 Å². The summed E-state index contributed by atoms with van der Waals surface area (Å²) in [5.74, 6) is 0.312. The van der Waals surface area contributed by atoms with E-state index in [-0.39, 0.29) is 5.41 Å². The molecule has 94 valence electrons. The van der Waals surface area contributed by atoms with Crippen LogP contribution >= 0.6 is 0 Å². The fraction of sp³-hybridized carbons (Fsp3) is 0.333. The van der Waals surface area contributed by atoms with Crippen LogP contribution in [0.5, 0.6) is 0 Å². The lowest BCUT2D eigenvalue weighted by Gasteiger charge is -2.20. The van der Waals surface area contributed by atoms with E-state index in [1.165, 1.54) is 11.1 Å². The first-order valence-corrected chi connectivity index (χ1v) is 6.08. The van der Waals surface area contributed by atoms with Crippen LogP contribution in [0.4, 0.5) is 5.95 Å². The van der Waals surface area contributed by atoms with E-state index < -0.39 is 0 Å². The molecule has 0 unspecified atom stereocenters. The van der Waals surface area contributed by atoms with Gasteiger partial charge in [-0.05, 0) is 29.5 Å². The quantitative estimate of drug-likeness (QED) is 0.833. The first-order valence-electron chi connectivity index (χ1n) is 6.08. The van der Waals surface area contributed by atoms with Gasteiger partial charge in [0.25, 0.3) is 0 Å². The average Bonchev–Trinajstić information content (AvgIpc) is 2.27. The van der Waals surface area contributed by atoms with Crippen LogP contribution in [-0.4, -0.2) is 9.97 Å². The van der Waals surface area contributed by atoms with Crippen LogP contribution in [0.1, 0.15) is 31.9 Å². The number of aryl methyl sites for hydroxylation is 1.